The van der Waals surface area contributed by atoms with Crippen molar-refractivity contribution in [2.45, 2.75) is 65.0 Å². The van der Waals surface area contributed by atoms with Gasteiger partial charge in [0.2, 0.25) is 0 Å². The zero-order valence-electron chi connectivity index (χ0n) is 12.1. The van der Waals surface area contributed by atoms with Gasteiger partial charge in [0.15, 0.2) is 0 Å². The van der Waals surface area contributed by atoms with Crippen LogP contribution < -0.4 is 5.73 Å². The van der Waals surface area contributed by atoms with E-state index in [2.05, 4.69) is 25.0 Å². The fourth-order valence-electron chi connectivity index (χ4n) is 2.03. The summed E-state index contributed by atoms with van der Waals surface area (Å²) in [6.07, 6.45) is 4.10. The Kier molecular flexibility index (Phi) is 5.54. The van der Waals surface area contributed by atoms with Crippen LogP contribution in [0.4, 0.5) is 0 Å². The molecule has 1 heterocycles. The molecule has 3 N–H and O–H groups in total. The standard InChI is InChI=1S/C14H25N3O2/c1-4-11-10-12(5-2)17(16-11)9-7-6-8-14(3,15)13(18)19/h10H,4-9,15H2,1-3H3,(H,18,19). The van der Waals surface area contributed by atoms with E-state index in [1.165, 1.54) is 5.69 Å². The number of hydrogen-bond acceptors (Lipinski definition) is 3. The van der Waals surface area contributed by atoms with Crippen LogP contribution >= 0.6 is 0 Å². The molecule has 19 heavy (non-hydrogen) atoms. The largest absolute Gasteiger partial charge is 0.480 e. The van der Waals surface area contributed by atoms with Crippen LogP contribution in [0.15, 0.2) is 6.07 Å². The van der Waals surface area contributed by atoms with Crippen LogP contribution in [0.5, 0.6) is 0 Å². The van der Waals surface area contributed by atoms with E-state index >= 15 is 0 Å². The molecule has 1 unspecified atom stereocenters. The third kappa shape index (κ3) is 4.35. The van der Waals surface area contributed by atoms with Crippen molar-refractivity contribution >= 4 is 5.97 Å². The first kappa shape index (κ1) is 15.7. The molecule has 108 valence electrons. The van der Waals surface area contributed by atoms with Gasteiger partial charge in [0.25, 0.3) is 0 Å². The Morgan fingerprint density at radius 3 is 2.63 bits per heavy atom. The smallest absolute Gasteiger partial charge is 0.323 e. The van der Waals surface area contributed by atoms with E-state index in [-0.39, 0.29) is 0 Å². The Labute approximate surface area is 114 Å². The molecule has 0 aliphatic rings. The summed E-state index contributed by atoms with van der Waals surface area (Å²) in [6.45, 7) is 6.61. The summed E-state index contributed by atoms with van der Waals surface area (Å²) < 4.78 is 2.04. The van der Waals surface area contributed by atoms with Crippen LogP contribution in [-0.2, 0) is 24.2 Å². The Balaban J connectivity index is 2.45. The van der Waals surface area contributed by atoms with Gasteiger partial charge in [-0.2, -0.15) is 5.10 Å². The molecule has 0 saturated heterocycles. The number of aliphatic carboxylic acids is 1. The van der Waals surface area contributed by atoms with Gasteiger partial charge in [-0.3, -0.25) is 9.48 Å². The predicted octanol–water partition coefficient (Wildman–Crippen LogP) is 1.98. The zero-order valence-corrected chi connectivity index (χ0v) is 12.1. The van der Waals surface area contributed by atoms with Gasteiger partial charge < -0.3 is 10.8 Å². The number of aromatic nitrogens is 2. The van der Waals surface area contributed by atoms with Crippen molar-refractivity contribution in [3.63, 3.8) is 0 Å². The topological polar surface area (TPSA) is 81.1 Å². The molecule has 0 aliphatic carbocycles. The summed E-state index contributed by atoms with van der Waals surface area (Å²) in [5.41, 5.74) is 6.94. The van der Waals surface area contributed by atoms with E-state index < -0.39 is 11.5 Å². The molecule has 0 amide bonds. The lowest BCUT2D eigenvalue weighted by Crippen LogP contribution is -2.44. The fraction of sp³-hybridized carbons (Fsp3) is 0.714. The van der Waals surface area contributed by atoms with Crippen molar-refractivity contribution in [2.24, 2.45) is 5.73 Å². The van der Waals surface area contributed by atoms with Gasteiger partial charge in [-0.05, 0) is 45.1 Å². The maximum Gasteiger partial charge on any atom is 0.323 e. The molecule has 0 fully saturated rings. The van der Waals surface area contributed by atoms with Crippen molar-refractivity contribution in [2.75, 3.05) is 0 Å². The summed E-state index contributed by atoms with van der Waals surface area (Å²) >= 11 is 0. The van der Waals surface area contributed by atoms with Crippen LogP contribution in [-0.4, -0.2) is 26.4 Å². The lowest BCUT2D eigenvalue weighted by Gasteiger charge is -2.18. The van der Waals surface area contributed by atoms with Gasteiger partial charge in [-0.15, -0.1) is 0 Å². The average Bonchev–Trinajstić information content (AvgIpc) is 2.77. The van der Waals surface area contributed by atoms with Gasteiger partial charge >= 0.3 is 5.97 Å². The molecule has 1 atom stereocenters. The van der Waals surface area contributed by atoms with Gasteiger partial charge in [0, 0.05) is 12.2 Å². The molecule has 1 aromatic heterocycles. The highest BCUT2D eigenvalue weighted by Crippen LogP contribution is 2.13. The maximum absolute atomic E-state index is 10.9. The van der Waals surface area contributed by atoms with E-state index in [4.69, 9.17) is 10.8 Å². The molecule has 0 radical (unpaired) electrons. The first-order chi connectivity index (χ1) is 8.90. The van der Waals surface area contributed by atoms with E-state index in [9.17, 15) is 4.79 Å². The number of aryl methyl sites for hydroxylation is 3. The number of carboxylic acids is 1. The Hall–Kier alpha value is -1.36. The zero-order chi connectivity index (χ0) is 14.5. The van der Waals surface area contributed by atoms with E-state index in [1.54, 1.807) is 6.92 Å². The monoisotopic (exact) mass is 267 g/mol. The Morgan fingerprint density at radius 2 is 2.11 bits per heavy atom. The Morgan fingerprint density at radius 1 is 1.42 bits per heavy atom. The summed E-state index contributed by atoms with van der Waals surface area (Å²) in [5.74, 6) is -0.936. The molecule has 0 bridgehead atoms. The highest BCUT2D eigenvalue weighted by molar-refractivity contribution is 5.77. The van der Waals surface area contributed by atoms with Crippen molar-refractivity contribution in [3.05, 3.63) is 17.5 Å². The lowest BCUT2D eigenvalue weighted by molar-refractivity contribution is -0.142. The van der Waals surface area contributed by atoms with Gasteiger partial charge in [-0.1, -0.05) is 13.8 Å². The van der Waals surface area contributed by atoms with Crippen molar-refractivity contribution in [1.82, 2.24) is 9.78 Å². The normalized spacial score (nSPS) is 14.3. The second-order valence-corrected chi connectivity index (χ2v) is 5.24. The molecule has 0 spiro atoms. The van der Waals surface area contributed by atoms with Crippen LogP contribution in [0.25, 0.3) is 0 Å². The van der Waals surface area contributed by atoms with Crippen LogP contribution in [0.3, 0.4) is 0 Å². The minimum absolute atomic E-state index is 0.492. The lowest BCUT2D eigenvalue weighted by atomic mass is 9.96. The summed E-state index contributed by atoms with van der Waals surface area (Å²) in [7, 11) is 0. The van der Waals surface area contributed by atoms with Crippen LogP contribution in [0.2, 0.25) is 0 Å². The molecule has 5 heteroatoms. The van der Waals surface area contributed by atoms with Gasteiger partial charge in [0.05, 0.1) is 5.69 Å². The number of carboxylic acid groups (broad SMARTS) is 1. The third-order valence-corrected chi connectivity index (χ3v) is 3.44. The number of nitrogens with zero attached hydrogens (tertiary/aromatic N) is 2. The second kappa shape index (κ2) is 6.70. The summed E-state index contributed by atoms with van der Waals surface area (Å²) in [6, 6.07) is 2.14. The molecule has 1 aromatic rings. The van der Waals surface area contributed by atoms with E-state index in [1.807, 2.05) is 4.68 Å². The third-order valence-electron chi connectivity index (χ3n) is 3.44. The number of nitrogens with two attached hydrogens (primary N) is 1. The average molecular weight is 267 g/mol. The van der Waals surface area contributed by atoms with Crippen LogP contribution in [0.1, 0.15) is 51.4 Å². The first-order valence-electron chi connectivity index (χ1n) is 6.98. The second-order valence-electron chi connectivity index (χ2n) is 5.24. The minimum Gasteiger partial charge on any atom is -0.480 e. The molecule has 0 saturated carbocycles. The SMILES string of the molecule is CCc1cc(CC)n(CCCCC(C)(N)C(=O)O)n1. The Bertz CT molecular complexity index is 424. The van der Waals surface area contributed by atoms with E-state index in [0.29, 0.717) is 6.42 Å². The van der Waals surface area contributed by atoms with Gasteiger partial charge in [0.1, 0.15) is 5.54 Å². The van der Waals surface area contributed by atoms with Gasteiger partial charge in [-0.25, -0.2) is 0 Å². The predicted molar refractivity (Wildman–Crippen MR) is 75.1 cm³/mol. The van der Waals surface area contributed by atoms with Crippen molar-refractivity contribution < 1.29 is 9.90 Å². The minimum atomic E-state index is -1.12. The molecular formula is C14H25N3O2. The molecule has 0 aliphatic heterocycles. The molecular weight excluding hydrogens is 242 g/mol. The van der Waals surface area contributed by atoms with Crippen LogP contribution in [0, 0.1) is 0 Å². The summed E-state index contributed by atoms with van der Waals surface area (Å²) in [5, 5.41) is 13.5. The molecule has 5 nitrogen and oxygen atoms in total. The number of hydrogen-bond donors (Lipinski definition) is 2. The van der Waals surface area contributed by atoms with Crippen molar-refractivity contribution in [1.29, 1.82) is 0 Å². The summed E-state index contributed by atoms with van der Waals surface area (Å²) in [4.78, 5) is 10.9. The number of carbonyl (C=O) groups is 1. The highest BCUT2D eigenvalue weighted by Gasteiger charge is 2.26. The number of rotatable bonds is 8. The quantitative estimate of drug-likeness (QED) is 0.706. The number of unbranched alkanes of at least 4 members (excludes halogenated alkanes) is 1. The molecule has 0 aromatic carbocycles. The highest BCUT2D eigenvalue weighted by atomic mass is 16.4. The molecule has 1 rings (SSSR count). The van der Waals surface area contributed by atoms with Crippen molar-refractivity contribution in [3.8, 4) is 0 Å². The maximum atomic E-state index is 10.9. The first-order valence-corrected chi connectivity index (χ1v) is 6.98. The van der Waals surface area contributed by atoms with E-state index in [0.717, 1.165) is 37.9 Å². The fourth-order valence-corrected chi connectivity index (χ4v) is 2.03.